The summed E-state index contributed by atoms with van der Waals surface area (Å²) in [7, 11) is -3.43. The first-order valence-electron chi connectivity index (χ1n) is 6.22. The first-order valence-corrected chi connectivity index (χ1v) is 7.88. The molecule has 0 saturated heterocycles. The van der Waals surface area contributed by atoms with E-state index in [0.29, 0.717) is 5.56 Å². The van der Waals surface area contributed by atoms with E-state index in [2.05, 4.69) is 4.72 Å². The van der Waals surface area contributed by atoms with Crippen LogP contribution in [0.1, 0.15) is 16.7 Å². The summed E-state index contributed by atoms with van der Waals surface area (Å²) in [4.78, 5) is 0. The second kappa shape index (κ2) is 6.15. The summed E-state index contributed by atoms with van der Waals surface area (Å²) >= 11 is 0. The highest BCUT2D eigenvalue weighted by Gasteiger charge is 2.11. The van der Waals surface area contributed by atoms with Crippen LogP contribution in [-0.2, 0) is 22.3 Å². The Labute approximate surface area is 118 Å². The molecular formula is C15H16FNO2S. The van der Waals surface area contributed by atoms with Crippen molar-refractivity contribution in [3.8, 4) is 0 Å². The standard InChI is InChI=1S/C15H16FNO2S/c1-12-4-2-3-5-14(12)10-17-20(18,19)11-13-6-8-15(16)9-7-13/h2-9,17H,10-11H2,1H3. The minimum Gasteiger partial charge on any atom is -0.212 e. The van der Waals surface area contributed by atoms with E-state index in [1.807, 2.05) is 31.2 Å². The summed E-state index contributed by atoms with van der Waals surface area (Å²) in [5, 5.41) is 0. The Bertz CT molecular complexity index is 681. The second-order valence-corrected chi connectivity index (χ2v) is 6.44. The maximum Gasteiger partial charge on any atom is 0.216 e. The van der Waals surface area contributed by atoms with Gasteiger partial charge >= 0.3 is 0 Å². The van der Waals surface area contributed by atoms with E-state index < -0.39 is 10.0 Å². The van der Waals surface area contributed by atoms with Crippen molar-refractivity contribution in [1.82, 2.24) is 4.72 Å². The molecule has 0 heterocycles. The number of hydrogen-bond acceptors (Lipinski definition) is 2. The van der Waals surface area contributed by atoms with E-state index in [1.54, 1.807) is 0 Å². The van der Waals surface area contributed by atoms with Crippen molar-refractivity contribution in [1.29, 1.82) is 0 Å². The molecule has 0 aliphatic rings. The SMILES string of the molecule is Cc1ccccc1CNS(=O)(=O)Cc1ccc(F)cc1. The Balaban J connectivity index is 2.01. The molecule has 0 aromatic heterocycles. The van der Waals surface area contributed by atoms with Gasteiger partial charge in [-0.3, -0.25) is 0 Å². The third-order valence-electron chi connectivity index (χ3n) is 3.01. The maximum absolute atomic E-state index is 12.8. The van der Waals surface area contributed by atoms with Crippen LogP contribution in [0.3, 0.4) is 0 Å². The first kappa shape index (κ1) is 14.7. The number of aryl methyl sites for hydroxylation is 1. The molecule has 0 aliphatic heterocycles. The number of benzene rings is 2. The van der Waals surface area contributed by atoms with Gasteiger partial charge in [0.25, 0.3) is 0 Å². The van der Waals surface area contributed by atoms with Gasteiger partial charge in [-0.05, 0) is 35.7 Å². The molecule has 2 aromatic carbocycles. The maximum atomic E-state index is 12.8. The molecule has 0 aliphatic carbocycles. The van der Waals surface area contributed by atoms with Crippen LogP contribution < -0.4 is 4.72 Å². The zero-order valence-electron chi connectivity index (χ0n) is 11.1. The van der Waals surface area contributed by atoms with Crippen LogP contribution in [0.5, 0.6) is 0 Å². The highest BCUT2D eigenvalue weighted by Crippen LogP contribution is 2.09. The fraction of sp³-hybridized carbons (Fsp3) is 0.200. The largest absolute Gasteiger partial charge is 0.216 e. The number of nitrogens with one attached hydrogen (secondary N) is 1. The first-order chi connectivity index (χ1) is 9.46. The molecule has 0 unspecified atom stereocenters. The third kappa shape index (κ3) is 4.15. The van der Waals surface area contributed by atoms with Crippen LogP contribution in [0, 0.1) is 12.7 Å². The van der Waals surface area contributed by atoms with E-state index >= 15 is 0 Å². The van der Waals surface area contributed by atoms with Gasteiger partial charge in [-0.25, -0.2) is 17.5 Å². The van der Waals surface area contributed by atoms with Gasteiger partial charge in [0, 0.05) is 6.54 Å². The van der Waals surface area contributed by atoms with Crippen LogP contribution in [0.25, 0.3) is 0 Å². The lowest BCUT2D eigenvalue weighted by Gasteiger charge is -2.09. The monoisotopic (exact) mass is 293 g/mol. The van der Waals surface area contributed by atoms with Crippen LogP contribution in [0.2, 0.25) is 0 Å². The summed E-state index contributed by atoms with van der Waals surface area (Å²) in [5.74, 6) is -0.530. The van der Waals surface area contributed by atoms with Crippen LogP contribution in [0.4, 0.5) is 4.39 Å². The summed E-state index contributed by atoms with van der Waals surface area (Å²) in [5.41, 5.74) is 2.54. The number of halogens is 1. The van der Waals surface area contributed by atoms with Crippen molar-refractivity contribution >= 4 is 10.0 Å². The smallest absolute Gasteiger partial charge is 0.212 e. The average Bonchev–Trinajstić information content (AvgIpc) is 2.40. The highest BCUT2D eigenvalue weighted by molar-refractivity contribution is 7.88. The molecule has 0 bridgehead atoms. The molecule has 2 aromatic rings. The van der Waals surface area contributed by atoms with Gasteiger partial charge in [0.1, 0.15) is 5.82 Å². The van der Waals surface area contributed by atoms with Crippen LogP contribution in [-0.4, -0.2) is 8.42 Å². The van der Waals surface area contributed by atoms with Crippen molar-refractivity contribution in [2.75, 3.05) is 0 Å². The number of rotatable bonds is 5. The van der Waals surface area contributed by atoms with Crippen molar-refractivity contribution in [3.05, 3.63) is 71.0 Å². The van der Waals surface area contributed by atoms with Gasteiger partial charge in [0.05, 0.1) is 5.75 Å². The number of sulfonamides is 1. The van der Waals surface area contributed by atoms with E-state index in [0.717, 1.165) is 11.1 Å². The van der Waals surface area contributed by atoms with E-state index in [-0.39, 0.29) is 18.1 Å². The third-order valence-corrected chi connectivity index (χ3v) is 4.31. The lowest BCUT2D eigenvalue weighted by molar-refractivity contribution is 0.580. The molecule has 5 heteroatoms. The fourth-order valence-corrected chi connectivity index (χ4v) is 2.96. The van der Waals surface area contributed by atoms with Gasteiger partial charge in [-0.2, -0.15) is 0 Å². The van der Waals surface area contributed by atoms with Gasteiger partial charge in [-0.15, -0.1) is 0 Å². The lowest BCUT2D eigenvalue weighted by Crippen LogP contribution is -2.25. The van der Waals surface area contributed by atoms with E-state index in [1.165, 1.54) is 24.3 Å². The zero-order valence-corrected chi connectivity index (χ0v) is 12.0. The predicted molar refractivity (Wildman–Crippen MR) is 77.0 cm³/mol. The number of hydrogen-bond donors (Lipinski definition) is 1. The van der Waals surface area contributed by atoms with Crippen molar-refractivity contribution < 1.29 is 12.8 Å². The average molecular weight is 293 g/mol. The molecule has 0 radical (unpaired) electrons. The Morgan fingerprint density at radius 1 is 1.05 bits per heavy atom. The highest BCUT2D eigenvalue weighted by atomic mass is 32.2. The van der Waals surface area contributed by atoms with E-state index in [4.69, 9.17) is 0 Å². The lowest BCUT2D eigenvalue weighted by atomic mass is 10.1. The van der Waals surface area contributed by atoms with Crippen LogP contribution in [0.15, 0.2) is 48.5 Å². The summed E-state index contributed by atoms with van der Waals surface area (Å²) in [6, 6.07) is 13.1. The molecule has 0 spiro atoms. The molecule has 0 amide bonds. The topological polar surface area (TPSA) is 46.2 Å². The minimum absolute atomic E-state index is 0.154. The van der Waals surface area contributed by atoms with Gasteiger partial charge in [0.15, 0.2) is 0 Å². The van der Waals surface area contributed by atoms with E-state index in [9.17, 15) is 12.8 Å². The van der Waals surface area contributed by atoms with Crippen molar-refractivity contribution in [2.45, 2.75) is 19.2 Å². The Hall–Kier alpha value is -1.72. The Morgan fingerprint density at radius 2 is 1.70 bits per heavy atom. The molecule has 20 heavy (non-hydrogen) atoms. The van der Waals surface area contributed by atoms with Gasteiger partial charge in [0.2, 0.25) is 10.0 Å². The summed E-state index contributed by atoms with van der Waals surface area (Å²) in [6.45, 7) is 2.19. The zero-order chi connectivity index (χ0) is 14.6. The molecule has 0 saturated carbocycles. The normalized spacial score (nSPS) is 11.5. The second-order valence-electron chi connectivity index (χ2n) is 4.63. The molecule has 1 N–H and O–H groups in total. The molecule has 0 atom stereocenters. The van der Waals surface area contributed by atoms with Crippen LogP contribution >= 0.6 is 0 Å². The molecule has 0 fully saturated rings. The van der Waals surface area contributed by atoms with Crippen molar-refractivity contribution in [3.63, 3.8) is 0 Å². The minimum atomic E-state index is -3.43. The van der Waals surface area contributed by atoms with Gasteiger partial charge < -0.3 is 0 Å². The quantitative estimate of drug-likeness (QED) is 0.921. The molecule has 106 valence electrons. The van der Waals surface area contributed by atoms with Gasteiger partial charge in [-0.1, -0.05) is 36.4 Å². The summed E-state index contributed by atoms with van der Waals surface area (Å²) in [6.07, 6.45) is 0. The summed E-state index contributed by atoms with van der Waals surface area (Å²) < 4.78 is 39.3. The predicted octanol–water partition coefficient (Wildman–Crippen LogP) is 2.75. The fourth-order valence-electron chi connectivity index (χ4n) is 1.85. The Morgan fingerprint density at radius 3 is 2.35 bits per heavy atom. The molecule has 3 nitrogen and oxygen atoms in total. The molecule has 2 rings (SSSR count). The molecular weight excluding hydrogens is 277 g/mol. The Kier molecular flexibility index (Phi) is 4.52. The van der Waals surface area contributed by atoms with Crippen molar-refractivity contribution in [2.24, 2.45) is 0 Å².